The molecule has 3 N–H and O–H groups in total. The average molecular weight is 263 g/mol. The van der Waals surface area contributed by atoms with Crippen LogP contribution in [0.3, 0.4) is 0 Å². The monoisotopic (exact) mass is 263 g/mol. The molecule has 0 aliphatic carbocycles. The molecule has 19 heavy (non-hydrogen) atoms. The maximum absolute atomic E-state index is 12.9. The molecule has 1 unspecified atom stereocenters. The van der Waals surface area contributed by atoms with Gasteiger partial charge in [0.15, 0.2) is 0 Å². The van der Waals surface area contributed by atoms with Gasteiger partial charge in [0.05, 0.1) is 6.04 Å². The largest absolute Gasteiger partial charge is 0.271 e. The van der Waals surface area contributed by atoms with Gasteiger partial charge in [-0.2, -0.15) is 5.10 Å². The highest BCUT2D eigenvalue weighted by Gasteiger charge is 2.14. The zero-order chi connectivity index (χ0) is 13.7. The molecule has 0 fully saturated rings. The highest BCUT2D eigenvalue weighted by Crippen LogP contribution is 2.17. The highest BCUT2D eigenvalue weighted by molar-refractivity contribution is 5.20. The highest BCUT2D eigenvalue weighted by atomic mass is 19.1. The van der Waals surface area contributed by atoms with E-state index in [1.165, 1.54) is 12.1 Å². The van der Waals surface area contributed by atoms with Gasteiger partial charge in [0.2, 0.25) is 0 Å². The predicted octanol–water partition coefficient (Wildman–Crippen LogP) is 1.57. The molecule has 2 aromatic rings. The Morgan fingerprint density at radius 1 is 1.37 bits per heavy atom. The molecule has 1 aromatic carbocycles. The van der Waals surface area contributed by atoms with Crippen molar-refractivity contribution in [3.63, 3.8) is 0 Å². The molecule has 1 atom stereocenters. The smallest absolute Gasteiger partial charge is 0.138 e. The van der Waals surface area contributed by atoms with Crippen LogP contribution in [0, 0.1) is 5.82 Å². The lowest BCUT2D eigenvalue weighted by atomic mass is 10.0. The molecule has 2 rings (SSSR count). The van der Waals surface area contributed by atoms with Gasteiger partial charge in [0.25, 0.3) is 0 Å². The third kappa shape index (κ3) is 3.36. The van der Waals surface area contributed by atoms with Gasteiger partial charge in [-0.1, -0.05) is 19.1 Å². The van der Waals surface area contributed by atoms with E-state index < -0.39 is 0 Å². The Kier molecular flexibility index (Phi) is 4.59. The third-order valence-electron chi connectivity index (χ3n) is 2.99. The maximum Gasteiger partial charge on any atom is 0.138 e. The van der Waals surface area contributed by atoms with E-state index in [4.69, 9.17) is 5.84 Å². The Bertz CT molecular complexity index is 508. The summed E-state index contributed by atoms with van der Waals surface area (Å²) >= 11 is 0. The molecule has 102 valence electrons. The maximum atomic E-state index is 12.9. The average Bonchev–Trinajstić information content (AvgIpc) is 2.85. The van der Waals surface area contributed by atoms with E-state index in [-0.39, 0.29) is 11.9 Å². The number of hydrazine groups is 1. The lowest BCUT2D eigenvalue weighted by Gasteiger charge is -2.16. The number of benzene rings is 1. The molecule has 0 saturated heterocycles. The van der Waals surface area contributed by atoms with Crippen molar-refractivity contribution in [1.29, 1.82) is 0 Å². The van der Waals surface area contributed by atoms with Crippen LogP contribution in [0.25, 0.3) is 0 Å². The van der Waals surface area contributed by atoms with Crippen LogP contribution in [0.5, 0.6) is 0 Å². The normalized spacial score (nSPS) is 12.6. The van der Waals surface area contributed by atoms with Crippen LogP contribution in [-0.4, -0.2) is 14.8 Å². The summed E-state index contributed by atoms with van der Waals surface area (Å²) in [6, 6.07) is 6.19. The number of aryl methyl sites for hydroxylation is 1. The molecular weight excluding hydrogens is 245 g/mol. The summed E-state index contributed by atoms with van der Waals surface area (Å²) in [5.74, 6) is 6.20. The van der Waals surface area contributed by atoms with Crippen molar-refractivity contribution in [3.8, 4) is 0 Å². The summed E-state index contributed by atoms with van der Waals surface area (Å²) in [6.45, 7) is 2.92. The summed E-state index contributed by atoms with van der Waals surface area (Å²) in [5.41, 5.74) is 3.67. The van der Waals surface area contributed by atoms with Gasteiger partial charge in [-0.25, -0.2) is 9.37 Å². The minimum absolute atomic E-state index is 0.111. The summed E-state index contributed by atoms with van der Waals surface area (Å²) in [6.07, 6.45) is 3.15. The van der Waals surface area contributed by atoms with Crippen LogP contribution in [0.4, 0.5) is 4.39 Å². The van der Waals surface area contributed by atoms with Crippen LogP contribution >= 0.6 is 0 Å². The first kappa shape index (κ1) is 13.6. The van der Waals surface area contributed by atoms with E-state index in [0.29, 0.717) is 6.42 Å². The molecular formula is C13H18FN5. The number of nitrogens with zero attached hydrogens (tertiary/aromatic N) is 3. The first-order valence-electron chi connectivity index (χ1n) is 6.33. The molecule has 0 amide bonds. The fourth-order valence-electron chi connectivity index (χ4n) is 2.00. The van der Waals surface area contributed by atoms with Crippen molar-refractivity contribution in [2.24, 2.45) is 5.84 Å². The zero-order valence-corrected chi connectivity index (χ0v) is 10.9. The van der Waals surface area contributed by atoms with Crippen LogP contribution in [0.2, 0.25) is 0 Å². The van der Waals surface area contributed by atoms with Crippen LogP contribution < -0.4 is 11.3 Å². The molecule has 6 heteroatoms. The number of halogens is 1. The number of rotatable bonds is 6. The molecule has 0 spiro atoms. The SMILES string of the molecule is CCCn1ncnc1CC(NN)c1ccc(F)cc1. The van der Waals surface area contributed by atoms with Crippen molar-refractivity contribution in [1.82, 2.24) is 20.2 Å². The van der Waals surface area contributed by atoms with Gasteiger partial charge in [-0.15, -0.1) is 0 Å². The summed E-state index contributed by atoms with van der Waals surface area (Å²) in [4.78, 5) is 4.25. The number of nitrogens with two attached hydrogens (primary N) is 1. The fraction of sp³-hybridized carbons (Fsp3) is 0.385. The molecule has 1 aromatic heterocycles. The standard InChI is InChI=1S/C13H18FN5/c1-2-7-19-13(16-9-17-19)8-12(18-15)10-3-5-11(14)6-4-10/h3-6,9,12,18H,2,7-8,15H2,1H3. The first-order chi connectivity index (χ1) is 9.24. The van der Waals surface area contributed by atoms with Crippen molar-refractivity contribution in [2.75, 3.05) is 0 Å². The topological polar surface area (TPSA) is 68.8 Å². The Labute approximate surface area is 111 Å². The number of hydrogen-bond acceptors (Lipinski definition) is 4. The minimum atomic E-state index is -0.256. The molecule has 0 aliphatic heterocycles. The van der Waals surface area contributed by atoms with Crippen LogP contribution in [0.15, 0.2) is 30.6 Å². The molecule has 0 radical (unpaired) electrons. The number of nitrogens with one attached hydrogen (secondary N) is 1. The predicted molar refractivity (Wildman–Crippen MR) is 70.5 cm³/mol. The molecule has 1 heterocycles. The van der Waals surface area contributed by atoms with E-state index >= 15 is 0 Å². The molecule has 0 saturated carbocycles. The lowest BCUT2D eigenvalue weighted by molar-refractivity contribution is 0.498. The quantitative estimate of drug-likeness (QED) is 0.613. The van der Waals surface area contributed by atoms with E-state index in [1.54, 1.807) is 18.5 Å². The lowest BCUT2D eigenvalue weighted by Crippen LogP contribution is -2.30. The molecule has 0 aliphatic rings. The summed E-state index contributed by atoms with van der Waals surface area (Å²) in [7, 11) is 0. The first-order valence-corrected chi connectivity index (χ1v) is 6.33. The van der Waals surface area contributed by atoms with Crippen molar-refractivity contribution in [2.45, 2.75) is 32.4 Å². The Morgan fingerprint density at radius 3 is 2.74 bits per heavy atom. The van der Waals surface area contributed by atoms with Gasteiger partial charge in [0, 0.05) is 13.0 Å². The Balaban J connectivity index is 2.14. The fourth-order valence-corrected chi connectivity index (χ4v) is 2.00. The molecule has 0 bridgehead atoms. The zero-order valence-electron chi connectivity index (χ0n) is 10.9. The second kappa shape index (κ2) is 6.40. The second-order valence-electron chi connectivity index (χ2n) is 4.37. The second-order valence-corrected chi connectivity index (χ2v) is 4.37. The van der Waals surface area contributed by atoms with Crippen molar-refractivity contribution in [3.05, 3.63) is 47.8 Å². The van der Waals surface area contributed by atoms with E-state index in [0.717, 1.165) is 24.4 Å². The Hall–Kier alpha value is -1.79. The van der Waals surface area contributed by atoms with Gasteiger partial charge >= 0.3 is 0 Å². The van der Waals surface area contributed by atoms with Crippen molar-refractivity contribution < 1.29 is 4.39 Å². The van der Waals surface area contributed by atoms with Gasteiger partial charge in [0.1, 0.15) is 18.0 Å². The van der Waals surface area contributed by atoms with Crippen molar-refractivity contribution >= 4 is 0 Å². The minimum Gasteiger partial charge on any atom is -0.271 e. The third-order valence-corrected chi connectivity index (χ3v) is 2.99. The summed E-state index contributed by atoms with van der Waals surface area (Å²) < 4.78 is 14.8. The van der Waals surface area contributed by atoms with Gasteiger partial charge in [-0.3, -0.25) is 16.0 Å². The van der Waals surface area contributed by atoms with Crippen LogP contribution in [-0.2, 0) is 13.0 Å². The molecule has 5 nitrogen and oxygen atoms in total. The van der Waals surface area contributed by atoms with Gasteiger partial charge < -0.3 is 0 Å². The summed E-state index contributed by atoms with van der Waals surface area (Å²) in [5, 5.41) is 4.18. The van der Waals surface area contributed by atoms with Gasteiger partial charge in [-0.05, 0) is 24.1 Å². The number of hydrogen-bond donors (Lipinski definition) is 2. The number of aromatic nitrogens is 3. The van der Waals surface area contributed by atoms with E-state index in [2.05, 4.69) is 22.4 Å². The van der Waals surface area contributed by atoms with E-state index in [9.17, 15) is 4.39 Å². The van der Waals surface area contributed by atoms with Crippen LogP contribution in [0.1, 0.15) is 30.8 Å². The Morgan fingerprint density at radius 2 is 2.11 bits per heavy atom. The van der Waals surface area contributed by atoms with E-state index in [1.807, 2.05) is 4.68 Å².